The number of benzene rings is 1. The van der Waals surface area contributed by atoms with E-state index < -0.39 is 0 Å². The predicted molar refractivity (Wildman–Crippen MR) is 68.7 cm³/mol. The van der Waals surface area contributed by atoms with Crippen LogP contribution >= 0.6 is 33.2 Å². The molecule has 1 aromatic rings. The van der Waals surface area contributed by atoms with Crippen LogP contribution < -0.4 is 0 Å². The fourth-order valence-electron chi connectivity index (χ4n) is 1.40. The van der Waals surface area contributed by atoms with Crippen molar-refractivity contribution < 1.29 is 0 Å². The summed E-state index contributed by atoms with van der Waals surface area (Å²) in [6.07, 6.45) is 1.21. The van der Waals surface area contributed by atoms with E-state index in [2.05, 4.69) is 19.1 Å². The summed E-state index contributed by atoms with van der Waals surface area (Å²) in [6, 6.07) is 8.09. The maximum Gasteiger partial charge on any atom is 0.0406 e. The highest BCUT2D eigenvalue weighted by Gasteiger charge is 2.12. The van der Waals surface area contributed by atoms with Gasteiger partial charge in [0.1, 0.15) is 0 Å². The van der Waals surface area contributed by atoms with Crippen LogP contribution in [-0.4, -0.2) is 5.75 Å². The molecule has 0 atom stereocenters. The van der Waals surface area contributed by atoms with Crippen LogP contribution in [0.5, 0.6) is 0 Å². The maximum atomic E-state index is 5.85. The molecule has 1 aliphatic heterocycles. The van der Waals surface area contributed by atoms with Gasteiger partial charge in [-0.25, -0.2) is 0 Å². The van der Waals surface area contributed by atoms with E-state index in [0.717, 1.165) is 5.02 Å². The van der Waals surface area contributed by atoms with Crippen molar-refractivity contribution in [3.63, 3.8) is 0 Å². The quantitative estimate of drug-likeness (QED) is 0.646. The van der Waals surface area contributed by atoms with Crippen LogP contribution in [0.1, 0.15) is 18.9 Å². The minimum absolute atomic E-state index is 0.806. The van der Waals surface area contributed by atoms with Gasteiger partial charge in [0.15, 0.2) is 0 Å². The molecule has 0 N–H and O–H groups in total. The third-order valence-electron chi connectivity index (χ3n) is 2.27. The van der Waals surface area contributed by atoms with Crippen LogP contribution in [0.3, 0.4) is 0 Å². The van der Waals surface area contributed by atoms with Crippen LogP contribution in [-0.2, 0) is 0 Å². The smallest absolute Gasteiger partial charge is 0.0406 e. The van der Waals surface area contributed by atoms with Crippen LogP contribution in [0.4, 0.5) is 0 Å². The predicted octanol–water partition coefficient (Wildman–Crippen LogP) is 4.86. The lowest BCUT2D eigenvalue weighted by Gasteiger charge is -2.04. The Balaban J connectivity index is 2.30. The lowest BCUT2D eigenvalue weighted by molar-refractivity contribution is 1.23. The van der Waals surface area contributed by atoms with Gasteiger partial charge in [-0.15, -0.1) is 0 Å². The molecule has 1 heterocycles. The fraction of sp³-hybridized carbons (Fsp3) is 0.273. The molecule has 0 unspecified atom stereocenters. The summed E-state index contributed by atoms with van der Waals surface area (Å²) in [5.74, 6) is 1.24. The first-order valence-electron chi connectivity index (χ1n) is 4.52. The van der Waals surface area contributed by atoms with E-state index in [1.54, 1.807) is 0 Å². The minimum Gasteiger partial charge on any atom is -0.0889 e. The fourth-order valence-corrected chi connectivity index (χ4v) is 4.15. The number of hydrogen-bond acceptors (Lipinski definition) is 2. The van der Waals surface area contributed by atoms with Crippen LogP contribution in [0.2, 0.25) is 5.02 Å². The molecule has 0 saturated carbocycles. The molecule has 0 aliphatic carbocycles. The normalized spacial score (nSPS) is 19.9. The Morgan fingerprint density at radius 3 is 2.57 bits per heavy atom. The van der Waals surface area contributed by atoms with Crippen molar-refractivity contribution in [3.8, 4) is 0 Å². The standard InChI is InChI=1S/C11H11ClS2/c1-8(11-6-7-13-14-11)9-2-4-10(12)5-3-9/h2-5H,6-7H2,1H3/b11-8+. The van der Waals surface area contributed by atoms with E-state index in [1.165, 1.54) is 28.2 Å². The van der Waals surface area contributed by atoms with Gasteiger partial charge in [0.2, 0.25) is 0 Å². The van der Waals surface area contributed by atoms with Gasteiger partial charge in [-0.3, -0.25) is 0 Å². The maximum absolute atomic E-state index is 5.85. The van der Waals surface area contributed by atoms with Crippen molar-refractivity contribution in [2.75, 3.05) is 5.75 Å². The molecule has 74 valence electrons. The molecule has 14 heavy (non-hydrogen) atoms. The second-order valence-electron chi connectivity index (χ2n) is 3.21. The Hall–Kier alpha value is -0.0500. The Morgan fingerprint density at radius 2 is 2.00 bits per heavy atom. The van der Waals surface area contributed by atoms with Crippen molar-refractivity contribution in [1.29, 1.82) is 0 Å². The number of hydrogen-bond donors (Lipinski definition) is 0. The van der Waals surface area contributed by atoms with E-state index in [0.29, 0.717) is 0 Å². The Labute approximate surface area is 97.5 Å². The van der Waals surface area contributed by atoms with Crippen molar-refractivity contribution in [2.45, 2.75) is 13.3 Å². The molecular formula is C11H11ClS2. The van der Waals surface area contributed by atoms with Gasteiger partial charge >= 0.3 is 0 Å². The Bertz CT molecular complexity index is 346. The SMILES string of the molecule is C/C(=C1/CCSS1)c1ccc(Cl)cc1. The molecule has 3 heteroatoms. The van der Waals surface area contributed by atoms with E-state index in [1.807, 2.05) is 33.7 Å². The van der Waals surface area contributed by atoms with E-state index >= 15 is 0 Å². The highest BCUT2D eigenvalue weighted by atomic mass is 35.5. The number of rotatable bonds is 1. The molecule has 0 amide bonds. The lowest BCUT2D eigenvalue weighted by Crippen LogP contribution is -1.82. The number of halogens is 1. The molecule has 1 aliphatic rings. The number of allylic oxidation sites excluding steroid dienone is 2. The molecule has 1 fully saturated rings. The summed E-state index contributed by atoms with van der Waals surface area (Å²) in [5.41, 5.74) is 2.69. The molecule has 0 aromatic heterocycles. The van der Waals surface area contributed by atoms with E-state index in [-0.39, 0.29) is 0 Å². The average molecular weight is 243 g/mol. The zero-order chi connectivity index (χ0) is 9.97. The molecular weight excluding hydrogens is 232 g/mol. The van der Waals surface area contributed by atoms with Crippen molar-refractivity contribution in [2.24, 2.45) is 0 Å². The second kappa shape index (κ2) is 4.65. The van der Waals surface area contributed by atoms with E-state index in [9.17, 15) is 0 Å². The average Bonchev–Trinajstić information content (AvgIpc) is 2.71. The van der Waals surface area contributed by atoms with Crippen LogP contribution in [0.25, 0.3) is 5.57 Å². The molecule has 2 rings (SSSR count). The largest absolute Gasteiger partial charge is 0.0889 e. The Kier molecular flexibility index (Phi) is 3.47. The summed E-state index contributed by atoms with van der Waals surface area (Å²) in [4.78, 5) is 1.51. The third kappa shape index (κ3) is 2.30. The molecule has 0 nitrogen and oxygen atoms in total. The molecule has 0 radical (unpaired) electrons. The highest BCUT2D eigenvalue weighted by molar-refractivity contribution is 8.78. The first-order valence-corrected chi connectivity index (χ1v) is 7.22. The lowest BCUT2D eigenvalue weighted by atomic mass is 10.1. The van der Waals surface area contributed by atoms with Crippen LogP contribution in [0, 0.1) is 0 Å². The van der Waals surface area contributed by atoms with Gasteiger partial charge in [0.05, 0.1) is 0 Å². The van der Waals surface area contributed by atoms with Crippen LogP contribution in [0.15, 0.2) is 29.2 Å². The summed E-state index contributed by atoms with van der Waals surface area (Å²) in [6.45, 7) is 2.19. The van der Waals surface area contributed by atoms with Gasteiger partial charge < -0.3 is 0 Å². The van der Waals surface area contributed by atoms with Gasteiger partial charge in [0.25, 0.3) is 0 Å². The van der Waals surface area contributed by atoms with Gasteiger partial charge in [-0.1, -0.05) is 45.3 Å². The monoisotopic (exact) mass is 242 g/mol. The van der Waals surface area contributed by atoms with E-state index in [4.69, 9.17) is 11.6 Å². The third-order valence-corrected chi connectivity index (χ3v) is 5.18. The molecule has 1 saturated heterocycles. The molecule has 0 bridgehead atoms. The zero-order valence-corrected chi connectivity index (χ0v) is 10.3. The Morgan fingerprint density at radius 1 is 1.29 bits per heavy atom. The molecule has 0 spiro atoms. The second-order valence-corrected chi connectivity index (χ2v) is 6.16. The van der Waals surface area contributed by atoms with Gasteiger partial charge in [0, 0.05) is 15.7 Å². The van der Waals surface area contributed by atoms with Crippen molar-refractivity contribution >= 4 is 38.8 Å². The summed E-state index contributed by atoms with van der Waals surface area (Å²) in [5, 5.41) is 0.806. The van der Waals surface area contributed by atoms with Crippen molar-refractivity contribution in [3.05, 3.63) is 39.8 Å². The first kappa shape index (κ1) is 10.5. The minimum atomic E-state index is 0.806. The first-order chi connectivity index (χ1) is 6.77. The van der Waals surface area contributed by atoms with Gasteiger partial charge in [-0.05, 0) is 36.6 Å². The summed E-state index contributed by atoms with van der Waals surface area (Å²) in [7, 11) is 3.85. The summed E-state index contributed by atoms with van der Waals surface area (Å²) < 4.78 is 0. The highest BCUT2D eigenvalue weighted by Crippen LogP contribution is 2.44. The summed E-state index contributed by atoms with van der Waals surface area (Å²) >= 11 is 5.85. The zero-order valence-electron chi connectivity index (χ0n) is 7.92. The topological polar surface area (TPSA) is 0 Å². The molecule has 1 aromatic carbocycles. The van der Waals surface area contributed by atoms with Gasteiger partial charge in [-0.2, -0.15) is 0 Å². The van der Waals surface area contributed by atoms with Crippen molar-refractivity contribution in [1.82, 2.24) is 0 Å².